The number of hydrogen-bond donors (Lipinski definition) is 2. The molecule has 7 nitrogen and oxygen atoms in total. The monoisotopic (exact) mass is 576 g/mol. The molecule has 2 aromatic carbocycles. The van der Waals surface area contributed by atoms with Crippen molar-refractivity contribution in [2.24, 2.45) is 0 Å². The molecule has 0 saturated carbocycles. The summed E-state index contributed by atoms with van der Waals surface area (Å²) in [5.74, 6) is -0.841. The molecule has 39 heavy (non-hydrogen) atoms. The average Bonchev–Trinajstić information content (AvgIpc) is 2.86. The lowest BCUT2D eigenvalue weighted by Gasteiger charge is -2.38. The van der Waals surface area contributed by atoms with E-state index in [0.717, 1.165) is 12.0 Å². The number of aromatic nitrogens is 1. The van der Waals surface area contributed by atoms with Crippen LogP contribution in [0.3, 0.4) is 0 Å². The topological polar surface area (TPSA) is 75.6 Å². The molecule has 1 aromatic heterocycles. The van der Waals surface area contributed by atoms with Gasteiger partial charge in [-0.2, -0.15) is 0 Å². The predicted octanol–water partition coefficient (Wildman–Crippen LogP) is 5.85. The van der Waals surface area contributed by atoms with E-state index in [1.54, 1.807) is 18.3 Å². The maximum atomic E-state index is 15.8. The fourth-order valence-electron chi connectivity index (χ4n) is 5.37. The molecule has 2 N–H and O–H groups in total. The van der Waals surface area contributed by atoms with Crippen LogP contribution in [0.2, 0.25) is 10.0 Å². The number of piperazine rings is 1. The van der Waals surface area contributed by atoms with Crippen molar-refractivity contribution in [2.75, 3.05) is 25.1 Å². The summed E-state index contributed by atoms with van der Waals surface area (Å²) in [6.45, 7) is 11.2. The van der Waals surface area contributed by atoms with Gasteiger partial charge in [-0.3, -0.25) is 9.59 Å². The van der Waals surface area contributed by atoms with Crippen molar-refractivity contribution in [1.29, 1.82) is 0 Å². The van der Waals surface area contributed by atoms with E-state index < -0.39 is 17.2 Å². The highest BCUT2D eigenvalue weighted by molar-refractivity contribution is 6.35. The average molecular weight is 578 g/mol. The van der Waals surface area contributed by atoms with Gasteiger partial charge in [0.2, 0.25) is 5.43 Å². The lowest BCUT2D eigenvalue weighted by atomic mass is 10.0. The molecule has 4 rings (SSSR count). The maximum Gasteiger partial charge on any atom is 0.257 e. The normalized spacial score (nSPS) is 18.3. The van der Waals surface area contributed by atoms with Crippen molar-refractivity contribution in [3.8, 4) is 5.75 Å². The van der Waals surface area contributed by atoms with Gasteiger partial charge < -0.3 is 24.8 Å². The molecule has 10 heteroatoms. The number of rotatable bonds is 7. The Hall–Kier alpha value is -2.81. The van der Waals surface area contributed by atoms with Crippen LogP contribution < -0.4 is 25.7 Å². The molecule has 0 bridgehead atoms. The summed E-state index contributed by atoms with van der Waals surface area (Å²) in [4.78, 5) is 29.0. The second kappa shape index (κ2) is 11.7. The Bertz CT molecular complexity index is 1440. The number of benzene rings is 2. The summed E-state index contributed by atoms with van der Waals surface area (Å²) in [5.41, 5.74) is 1.68. The first-order chi connectivity index (χ1) is 18.5. The number of nitrogens with one attached hydrogen (secondary N) is 2. The SMILES string of the molecule is CCC(C)n1cc(C(=O)NCc2c(C)cc(Cl)cc2Cl)c(=O)c2cc(F)c(N3C[C@@H](C)N[C@@H](C)C3)c(OC)c21. The zero-order chi connectivity index (χ0) is 28.6. The zero-order valence-corrected chi connectivity index (χ0v) is 24.6. The van der Waals surface area contributed by atoms with Gasteiger partial charge >= 0.3 is 0 Å². The number of amides is 1. The predicted molar refractivity (Wildman–Crippen MR) is 156 cm³/mol. The van der Waals surface area contributed by atoms with E-state index in [1.165, 1.54) is 13.2 Å². The van der Waals surface area contributed by atoms with Gasteiger partial charge in [0.05, 0.1) is 18.0 Å². The number of carbonyl (C=O) groups excluding carboxylic acids is 1. The minimum atomic E-state index is -0.572. The van der Waals surface area contributed by atoms with Gasteiger partial charge in [-0.05, 0) is 63.4 Å². The molecule has 2 heterocycles. The van der Waals surface area contributed by atoms with Crippen LogP contribution in [-0.4, -0.2) is 42.8 Å². The molecule has 1 aliphatic heterocycles. The van der Waals surface area contributed by atoms with Crippen LogP contribution in [0.15, 0.2) is 29.2 Å². The van der Waals surface area contributed by atoms with Crippen LogP contribution in [0.5, 0.6) is 5.75 Å². The smallest absolute Gasteiger partial charge is 0.257 e. The van der Waals surface area contributed by atoms with Gasteiger partial charge in [0.15, 0.2) is 11.6 Å². The number of methoxy groups -OCH3 is 1. The summed E-state index contributed by atoms with van der Waals surface area (Å²) in [7, 11) is 1.48. The molecule has 210 valence electrons. The van der Waals surface area contributed by atoms with Crippen molar-refractivity contribution < 1.29 is 13.9 Å². The summed E-state index contributed by atoms with van der Waals surface area (Å²) in [6.07, 6.45) is 2.27. The molecule has 1 aliphatic rings. The van der Waals surface area contributed by atoms with Gasteiger partial charge in [0, 0.05) is 54.0 Å². The Labute approximate surface area is 238 Å². The van der Waals surface area contributed by atoms with E-state index in [0.29, 0.717) is 45.7 Å². The Kier molecular flexibility index (Phi) is 8.78. The van der Waals surface area contributed by atoms with Crippen molar-refractivity contribution in [1.82, 2.24) is 15.2 Å². The van der Waals surface area contributed by atoms with Crippen molar-refractivity contribution in [2.45, 2.75) is 65.7 Å². The number of ether oxygens (including phenoxy) is 1. The van der Waals surface area contributed by atoms with E-state index in [1.807, 2.05) is 44.1 Å². The standard InChI is InChI=1S/C29H35Cl2FN4O3/c1-7-18(5)36-14-22(29(38)33-11-21-15(2)8-19(30)9-23(21)31)27(37)20-10-24(32)26(28(39-6)25(20)36)35-12-16(3)34-17(4)13-35/h8-10,14,16-18,34H,7,11-13H2,1-6H3,(H,33,38)/t16-,17+,18?. The second-order valence-electron chi connectivity index (χ2n) is 10.4. The third-order valence-corrected chi connectivity index (χ3v) is 7.95. The number of pyridine rings is 1. The van der Waals surface area contributed by atoms with E-state index in [9.17, 15) is 9.59 Å². The molecule has 1 fully saturated rings. The molecular formula is C29H35Cl2FN4O3. The lowest BCUT2D eigenvalue weighted by molar-refractivity contribution is 0.0949. The number of anilines is 1. The minimum Gasteiger partial charge on any atom is -0.492 e. The first-order valence-electron chi connectivity index (χ1n) is 13.2. The van der Waals surface area contributed by atoms with Crippen molar-refractivity contribution in [3.63, 3.8) is 0 Å². The first-order valence-corrected chi connectivity index (χ1v) is 13.9. The van der Waals surface area contributed by atoms with E-state index >= 15 is 4.39 Å². The number of hydrogen-bond acceptors (Lipinski definition) is 5. The van der Waals surface area contributed by atoms with Crippen LogP contribution in [-0.2, 0) is 6.54 Å². The van der Waals surface area contributed by atoms with E-state index in [-0.39, 0.29) is 35.6 Å². The van der Waals surface area contributed by atoms with Crippen LogP contribution in [0.4, 0.5) is 10.1 Å². The Morgan fingerprint density at radius 2 is 1.90 bits per heavy atom. The molecular weight excluding hydrogens is 542 g/mol. The molecule has 3 aromatic rings. The van der Waals surface area contributed by atoms with Crippen molar-refractivity contribution >= 4 is 45.7 Å². The van der Waals surface area contributed by atoms with Gasteiger partial charge in [-0.1, -0.05) is 30.1 Å². The fourth-order valence-corrected chi connectivity index (χ4v) is 6.03. The molecule has 3 atom stereocenters. The summed E-state index contributed by atoms with van der Waals surface area (Å²) < 4.78 is 23.5. The third-order valence-electron chi connectivity index (χ3n) is 7.40. The maximum absolute atomic E-state index is 15.8. The highest BCUT2D eigenvalue weighted by atomic mass is 35.5. The number of carbonyl (C=O) groups is 1. The third kappa shape index (κ3) is 5.74. The summed E-state index contributed by atoms with van der Waals surface area (Å²) >= 11 is 12.4. The molecule has 1 unspecified atom stereocenters. The molecule has 1 amide bonds. The van der Waals surface area contributed by atoms with Crippen LogP contribution in [0.1, 0.15) is 61.6 Å². The number of fused-ring (bicyclic) bond motifs is 1. The quantitative estimate of drug-likeness (QED) is 0.369. The number of aryl methyl sites for hydroxylation is 1. The molecule has 0 spiro atoms. The van der Waals surface area contributed by atoms with Crippen LogP contribution in [0, 0.1) is 12.7 Å². The fraction of sp³-hybridized carbons (Fsp3) is 0.448. The van der Waals surface area contributed by atoms with E-state index in [4.69, 9.17) is 27.9 Å². The van der Waals surface area contributed by atoms with Gasteiger partial charge in [-0.15, -0.1) is 0 Å². The lowest BCUT2D eigenvalue weighted by Crippen LogP contribution is -2.54. The van der Waals surface area contributed by atoms with Gasteiger partial charge in [-0.25, -0.2) is 4.39 Å². The Morgan fingerprint density at radius 1 is 1.23 bits per heavy atom. The molecule has 1 saturated heterocycles. The van der Waals surface area contributed by atoms with Crippen LogP contribution in [0.25, 0.3) is 10.9 Å². The Balaban J connectivity index is 1.84. The summed E-state index contributed by atoms with van der Waals surface area (Å²) in [6, 6.07) is 4.80. The summed E-state index contributed by atoms with van der Waals surface area (Å²) in [5, 5.41) is 7.27. The van der Waals surface area contributed by atoms with Crippen LogP contribution >= 0.6 is 23.2 Å². The number of halogens is 3. The number of nitrogens with zero attached hydrogens (tertiary/aromatic N) is 2. The van der Waals surface area contributed by atoms with Crippen molar-refractivity contribution in [3.05, 3.63) is 67.2 Å². The van der Waals surface area contributed by atoms with E-state index in [2.05, 4.69) is 10.6 Å². The highest BCUT2D eigenvalue weighted by Gasteiger charge is 2.30. The second-order valence-corrected chi connectivity index (χ2v) is 11.3. The minimum absolute atomic E-state index is 0.0795. The highest BCUT2D eigenvalue weighted by Crippen LogP contribution is 2.40. The Morgan fingerprint density at radius 3 is 2.49 bits per heavy atom. The zero-order valence-electron chi connectivity index (χ0n) is 23.1. The molecule has 0 aliphatic carbocycles. The first kappa shape index (κ1) is 29.2. The van der Waals surface area contributed by atoms with Gasteiger partial charge in [0.1, 0.15) is 11.3 Å². The molecule has 0 radical (unpaired) electrons. The largest absolute Gasteiger partial charge is 0.492 e. The van der Waals surface area contributed by atoms with Gasteiger partial charge in [0.25, 0.3) is 5.91 Å².